The number of halogens is 1. The van der Waals surface area contributed by atoms with Gasteiger partial charge < -0.3 is 10.6 Å². The Bertz CT molecular complexity index is 555. The van der Waals surface area contributed by atoms with Crippen LogP contribution in [0, 0.1) is 18.8 Å². The molecule has 1 aliphatic heterocycles. The lowest BCUT2D eigenvalue weighted by Gasteiger charge is -2.34. The second kappa shape index (κ2) is 8.30. The van der Waals surface area contributed by atoms with Crippen LogP contribution in [0.3, 0.4) is 0 Å². The lowest BCUT2D eigenvalue weighted by Crippen LogP contribution is -2.44. The third-order valence-electron chi connectivity index (χ3n) is 5.82. The van der Waals surface area contributed by atoms with Crippen LogP contribution >= 0.6 is 12.4 Å². The summed E-state index contributed by atoms with van der Waals surface area (Å²) in [5.74, 6) is 1.13. The molecule has 1 amide bonds. The summed E-state index contributed by atoms with van der Waals surface area (Å²) in [6, 6.07) is 0.619. The first-order chi connectivity index (χ1) is 11.1. The van der Waals surface area contributed by atoms with E-state index in [-0.39, 0.29) is 24.4 Å². The van der Waals surface area contributed by atoms with Gasteiger partial charge >= 0.3 is 0 Å². The van der Waals surface area contributed by atoms with Gasteiger partial charge in [-0.15, -0.1) is 17.5 Å². The predicted molar refractivity (Wildman–Crippen MR) is 96.6 cm³/mol. The number of amides is 1. The molecule has 3 unspecified atom stereocenters. The molecule has 136 valence electrons. The Hall–Kier alpha value is -1.14. The van der Waals surface area contributed by atoms with E-state index in [9.17, 15) is 4.79 Å². The Labute approximate surface area is 150 Å². The van der Waals surface area contributed by atoms with Crippen molar-refractivity contribution in [3.8, 4) is 0 Å². The summed E-state index contributed by atoms with van der Waals surface area (Å²) in [6.45, 7) is 8.49. The Kier molecular flexibility index (Phi) is 6.63. The minimum Gasteiger partial charge on any atom is -0.348 e. The van der Waals surface area contributed by atoms with E-state index < -0.39 is 0 Å². The van der Waals surface area contributed by atoms with Crippen molar-refractivity contribution < 1.29 is 4.79 Å². The fourth-order valence-electron chi connectivity index (χ4n) is 3.97. The predicted octanol–water partition coefficient (Wildman–Crippen LogP) is 2.49. The van der Waals surface area contributed by atoms with Crippen LogP contribution in [0.2, 0.25) is 0 Å². The lowest BCUT2D eigenvalue weighted by molar-refractivity contribution is 0.0885. The molecule has 1 aromatic heterocycles. The van der Waals surface area contributed by atoms with Crippen molar-refractivity contribution in [3.05, 3.63) is 11.4 Å². The smallest absolute Gasteiger partial charge is 0.273 e. The van der Waals surface area contributed by atoms with Gasteiger partial charge in [-0.25, -0.2) is 4.68 Å². The molecule has 7 heteroatoms. The standard InChI is InChI=1S/C17H29N5O.ClH/c1-11-5-4-6-15(12(11)2)19-17(23)16-13(3)22(21-20-16)14-7-9-18-10-8-14;/h11-12,14-15,18H,4-10H2,1-3H3,(H,19,23);1H. The maximum absolute atomic E-state index is 12.6. The van der Waals surface area contributed by atoms with Crippen molar-refractivity contribution in [1.29, 1.82) is 0 Å². The van der Waals surface area contributed by atoms with E-state index in [0.29, 0.717) is 23.6 Å². The van der Waals surface area contributed by atoms with Gasteiger partial charge in [-0.2, -0.15) is 0 Å². The Morgan fingerprint density at radius 2 is 1.92 bits per heavy atom. The molecule has 0 radical (unpaired) electrons. The summed E-state index contributed by atoms with van der Waals surface area (Å²) in [5, 5.41) is 15.0. The molecule has 2 fully saturated rings. The SMILES string of the molecule is Cc1c(C(=O)NC2CCCC(C)C2C)nnn1C1CCNCC1.Cl. The van der Waals surface area contributed by atoms with Crippen LogP contribution in [0.4, 0.5) is 0 Å². The highest BCUT2D eigenvalue weighted by molar-refractivity contribution is 5.93. The van der Waals surface area contributed by atoms with Crippen molar-refractivity contribution >= 4 is 18.3 Å². The van der Waals surface area contributed by atoms with Gasteiger partial charge in [-0.3, -0.25) is 4.79 Å². The Balaban J connectivity index is 0.00000208. The number of nitrogens with one attached hydrogen (secondary N) is 2. The van der Waals surface area contributed by atoms with Crippen LogP contribution in [0.5, 0.6) is 0 Å². The normalized spacial score (nSPS) is 28.2. The van der Waals surface area contributed by atoms with Gasteiger partial charge in [0, 0.05) is 6.04 Å². The summed E-state index contributed by atoms with van der Waals surface area (Å²) >= 11 is 0. The summed E-state index contributed by atoms with van der Waals surface area (Å²) in [6.07, 6.45) is 5.61. The van der Waals surface area contributed by atoms with Gasteiger partial charge in [0.15, 0.2) is 5.69 Å². The molecule has 0 aromatic carbocycles. The number of hydrogen-bond donors (Lipinski definition) is 2. The summed E-state index contributed by atoms with van der Waals surface area (Å²) < 4.78 is 1.95. The van der Waals surface area contributed by atoms with Crippen LogP contribution in [-0.2, 0) is 0 Å². The van der Waals surface area contributed by atoms with E-state index in [0.717, 1.165) is 38.0 Å². The van der Waals surface area contributed by atoms with Gasteiger partial charge in [0.25, 0.3) is 5.91 Å². The van der Waals surface area contributed by atoms with Gasteiger partial charge in [0.1, 0.15) is 0 Å². The minimum absolute atomic E-state index is 0. The van der Waals surface area contributed by atoms with Crippen LogP contribution < -0.4 is 10.6 Å². The first-order valence-electron chi connectivity index (χ1n) is 9.01. The summed E-state index contributed by atoms with van der Waals surface area (Å²) in [5.41, 5.74) is 1.39. The van der Waals surface area contributed by atoms with Crippen molar-refractivity contribution in [2.45, 2.75) is 65.0 Å². The molecule has 24 heavy (non-hydrogen) atoms. The number of nitrogens with zero attached hydrogens (tertiary/aromatic N) is 3. The van der Waals surface area contributed by atoms with E-state index in [1.807, 2.05) is 11.6 Å². The maximum atomic E-state index is 12.6. The van der Waals surface area contributed by atoms with Crippen LogP contribution in [0.25, 0.3) is 0 Å². The molecular formula is C17H30ClN5O. The topological polar surface area (TPSA) is 71.8 Å². The molecule has 0 bridgehead atoms. The van der Waals surface area contributed by atoms with E-state index in [4.69, 9.17) is 0 Å². The van der Waals surface area contributed by atoms with E-state index in [2.05, 4.69) is 34.8 Å². The molecule has 3 atom stereocenters. The molecule has 3 rings (SSSR count). The first kappa shape index (κ1) is 19.2. The first-order valence-corrected chi connectivity index (χ1v) is 9.01. The molecule has 2 N–H and O–H groups in total. The Morgan fingerprint density at radius 1 is 1.21 bits per heavy atom. The van der Waals surface area contributed by atoms with Crippen molar-refractivity contribution in [2.24, 2.45) is 11.8 Å². The van der Waals surface area contributed by atoms with Crippen LogP contribution in [-0.4, -0.2) is 40.0 Å². The maximum Gasteiger partial charge on any atom is 0.273 e. The van der Waals surface area contributed by atoms with E-state index >= 15 is 0 Å². The average Bonchev–Trinajstić information content (AvgIpc) is 2.94. The van der Waals surface area contributed by atoms with Gasteiger partial charge in [-0.05, 0) is 51.1 Å². The second-order valence-electron chi connectivity index (χ2n) is 7.30. The molecule has 6 nitrogen and oxygen atoms in total. The summed E-state index contributed by atoms with van der Waals surface area (Å²) in [7, 11) is 0. The highest BCUT2D eigenvalue weighted by Gasteiger charge is 2.30. The van der Waals surface area contributed by atoms with Crippen LogP contribution in [0.1, 0.15) is 68.2 Å². The molecule has 1 saturated heterocycles. The average molecular weight is 356 g/mol. The molecular weight excluding hydrogens is 326 g/mol. The third-order valence-corrected chi connectivity index (χ3v) is 5.82. The monoisotopic (exact) mass is 355 g/mol. The highest BCUT2D eigenvalue weighted by Crippen LogP contribution is 2.29. The van der Waals surface area contributed by atoms with Gasteiger partial charge in [0.05, 0.1) is 11.7 Å². The number of rotatable bonds is 3. The van der Waals surface area contributed by atoms with Crippen molar-refractivity contribution in [2.75, 3.05) is 13.1 Å². The zero-order chi connectivity index (χ0) is 16.4. The van der Waals surface area contributed by atoms with Gasteiger partial charge in [0.2, 0.25) is 0 Å². The largest absolute Gasteiger partial charge is 0.348 e. The molecule has 1 aliphatic carbocycles. The zero-order valence-electron chi connectivity index (χ0n) is 14.9. The molecule has 1 saturated carbocycles. The number of aromatic nitrogens is 3. The Morgan fingerprint density at radius 3 is 2.62 bits per heavy atom. The number of carbonyl (C=O) groups is 1. The van der Waals surface area contributed by atoms with Crippen molar-refractivity contribution in [1.82, 2.24) is 25.6 Å². The molecule has 2 aliphatic rings. The zero-order valence-corrected chi connectivity index (χ0v) is 15.7. The second-order valence-corrected chi connectivity index (χ2v) is 7.30. The van der Waals surface area contributed by atoms with E-state index in [1.165, 1.54) is 12.8 Å². The van der Waals surface area contributed by atoms with Crippen molar-refractivity contribution in [3.63, 3.8) is 0 Å². The van der Waals surface area contributed by atoms with E-state index in [1.54, 1.807) is 0 Å². The third kappa shape index (κ3) is 3.91. The van der Waals surface area contributed by atoms with Crippen LogP contribution in [0.15, 0.2) is 0 Å². The fourth-order valence-corrected chi connectivity index (χ4v) is 3.97. The quantitative estimate of drug-likeness (QED) is 0.873. The number of piperidine rings is 1. The highest BCUT2D eigenvalue weighted by atomic mass is 35.5. The molecule has 1 aromatic rings. The lowest BCUT2D eigenvalue weighted by atomic mass is 9.78. The minimum atomic E-state index is -0.0614. The molecule has 0 spiro atoms. The fraction of sp³-hybridized carbons (Fsp3) is 0.824. The summed E-state index contributed by atoms with van der Waals surface area (Å²) in [4.78, 5) is 12.6. The number of carbonyl (C=O) groups excluding carboxylic acids is 1. The molecule has 2 heterocycles. The number of hydrogen-bond acceptors (Lipinski definition) is 4. The van der Waals surface area contributed by atoms with Gasteiger partial charge in [-0.1, -0.05) is 31.9 Å².